The van der Waals surface area contributed by atoms with E-state index in [1.165, 1.54) is 6.20 Å². The Morgan fingerprint density at radius 3 is 2.53 bits per heavy atom. The van der Waals surface area contributed by atoms with Gasteiger partial charge in [-0.1, -0.05) is 53.5 Å². The molecule has 3 aliphatic heterocycles. The number of nitriles is 1. The van der Waals surface area contributed by atoms with Crippen LogP contribution in [0.5, 0.6) is 17.2 Å². The Labute approximate surface area is 340 Å². The summed E-state index contributed by atoms with van der Waals surface area (Å²) >= 11 is 13.9. The van der Waals surface area contributed by atoms with Crippen LogP contribution in [0.1, 0.15) is 59.6 Å². The molecule has 5 aliphatic rings. The predicted octanol–water partition coefficient (Wildman–Crippen LogP) is 7.17. The summed E-state index contributed by atoms with van der Waals surface area (Å²) in [5.74, 6) is 1.32. The first-order chi connectivity index (χ1) is 27.6. The van der Waals surface area contributed by atoms with Crippen LogP contribution in [-0.2, 0) is 24.4 Å². The summed E-state index contributed by atoms with van der Waals surface area (Å²) in [7, 11) is 0. The van der Waals surface area contributed by atoms with Crippen LogP contribution >= 0.6 is 23.2 Å². The third kappa shape index (κ3) is 7.38. The number of nitrogens with one attached hydrogen (secondary N) is 2. The molecule has 3 amide bonds. The van der Waals surface area contributed by atoms with Gasteiger partial charge in [0, 0.05) is 79.8 Å². The fourth-order valence-electron chi connectivity index (χ4n) is 9.18. The van der Waals surface area contributed by atoms with Gasteiger partial charge in [0.05, 0.1) is 22.2 Å². The smallest absolute Gasteiger partial charge is 0.322 e. The molecule has 4 heterocycles. The molecular formula is C43H41Cl2FN6O5. The average molecular weight is 812 g/mol. The van der Waals surface area contributed by atoms with Crippen molar-refractivity contribution in [3.8, 4) is 34.4 Å². The molecule has 9 rings (SSSR count). The maximum atomic E-state index is 13.4. The Balaban J connectivity index is 0.895. The molecule has 0 bridgehead atoms. The highest BCUT2D eigenvalue weighted by Gasteiger charge is 2.55. The quantitative estimate of drug-likeness (QED) is 0.107. The molecular weight excluding hydrogens is 770 g/mol. The zero-order valence-corrected chi connectivity index (χ0v) is 32.7. The van der Waals surface area contributed by atoms with E-state index in [1.807, 2.05) is 35.2 Å². The zero-order chi connectivity index (χ0) is 39.3. The standard InChI is InChI=1S/C43H41Cl2FN6O5/c44-34-13-28(20-52-24-43(25-52)40(53)49-41(54)50-43)37(56-21-27-12-26(17-47)18-48-19-27)14-38(34)57-35-9-8-31-30(4-1-5-32(31)35)33-6-2-7-36(39(33)45)55-11-3-10-51-22-42(23-51)15-29(46)16-42/h1-2,4-7,12-14,18-19,29,35H,3,8-11,15-16,20-25H2,(H2,49,50,53,54)/t35-/m0/s1. The van der Waals surface area contributed by atoms with Crippen molar-refractivity contribution in [3.05, 3.63) is 105 Å². The van der Waals surface area contributed by atoms with E-state index < -0.39 is 17.7 Å². The van der Waals surface area contributed by atoms with Crippen LogP contribution in [0, 0.1) is 16.7 Å². The molecule has 4 fully saturated rings. The van der Waals surface area contributed by atoms with Gasteiger partial charge >= 0.3 is 6.03 Å². The van der Waals surface area contributed by atoms with Gasteiger partial charge < -0.3 is 24.4 Å². The van der Waals surface area contributed by atoms with E-state index >= 15 is 0 Å². The third-order valence-electron chi connectivity index (χ3n) is 11.9. The van der Waals surface area contributed by atoms with Gasteiger partial charge in [-0.05, 0) is 67.0 Å². The maximum Gasteiger partial charge on any atom is 0.322 e. The van der Waals surface area contributed by atoms with E-state index in [0.29, 0.717) is 71.9 Å². The van der Waals surface area contributed by atoms with Crippen molar-refractivity contribution in [1.82, 2.24) is 25.4 Å². The summed E-state index contributed by atoms with van der Waals surface area (Å²) in [5.41, 5.74) is 5.37. The van der Waals surface area contributed by atoms with Crippen molar-refractivity contribution in [2.75, 3.05) is 39.3 Å². The Morgan fingerprint density at radius 2 is 1.75 bits per heavy atom. The van der Waals surface area contributed by atoms with Crippen LogP contribution in [0.3, 0.4) is 0 Å². The number of rotatable bonds is 13. The number of aromatic nitrogens is 1. The summed E-state index contributed by atoms with van der Waals surface area (Å²) in [4.78, 5) is 32.8. The zero-order valence-electron chi connectivity index (χ0n) is 31.2. The summed E-state index contributed by atoms with van der Waals surface area (Å²) in [6.07, 6.45) is 6.06. The fourth-order valence-corrected chi connectivity index (χ4v) is 9.69. The first-order valence-corrected chi connectivity index (χ1v) is 20.1. The monoisotopic (exact) mass is 810 g/mol. The van der Waals surface area contributed by atoms with Crippen molar-refractivity contribution < 1.29 is 28.2 Å². The van der Waals surface area contributed by atoms with Gasteiger partial charge in [-0.25, -0.2) is 9.18 Å². The normalized spacial score (nSPS) is 20.6. The number of ether oxygens (including phenoxy) is 3. The van der Waals surface area contributed by atoms with Crippen LogP contribution in [0.15, 0.2) is 67.0 Å². The van der Waals surface area contributed by atoms with E-state index in [-0.39, 0.29) is 24.0 Å². The highest BCUT2D eigenvalue weighted by molar-refractivity contribution is 6.35. The minimum Gasteiger partial charge on any atom is -0.492 e. The van der Waals surface area contributed by atoms with Crippen molar-refractivity contribution in [3.63, 3.8) is 0 Å². The van der Waals surface area contributed by atoms with E-state index in [2.05, 4.69) is 38.7 Å². The van der Waals surface area contributed by atoms with Gasteiger partial charge in [-0.2, -0.15) is 5.26 Å². The number of pyridine rings is 1. The molecule has 11 nitrogen and oxygen atoms in total. The number of hydrogen-bond donors (Lipinski definition) is 2. The molecule has 57 heavy (non-hydrogen) atoms. The topological polar surface area (TPSA) is 129 Å². The molecule has 2 N–H and O–H groups in total. The number of benzene rings is 3. The lowest BCUT2D eigenvalue weighted by atomic mass is 9.62. The largest absolute Gasteiger partial charge is 0.492 e. The predicted molar refractivity (Wildman–Crippen MR) is 211 cm³/mol. The van der Waals surface area contributed by atoms with E-state index in [4.69, 9.17) is 37.4 Å². The maximum absolute atomic E-state index is 13.4. The second kappa shape index (κ2) is 15.1. The number of hydrogen-bond acceptors (Lipinski definition) is 9. The second-order valence-electron chi connectivity index (χ2n) is 16.1. The number of carbonyl (C=O) groups is 2. The van der Waals surface area contributed by atoms with Crippen molar-refractivity contribution in [1.29, 1.82) is 5.26 Å². The molecule has 1 saturated carbocycles. The highest BCUT2D eigenvalue weighted by Crippen LogP contribution is 2.50. The number of fused-ring (bicyclic) bond motifs is 1. The lowest BCUT2D eigenvalue weighted by molar-refractivity contribution is -0.130. The van der Waals surface area contributed by atoms with Gasteiger partial charge in [-0.3, -0.25) is 20.0 Å². The fraction of sp³-hybridized carbons (Fsp3) is 0.395. The van der Waals surface area contributed by atoms with E-state index in [1.54, 1.807) is 18.3 Å². The first kappa shape index (κ1) is 37.6. The van der Waals surface area contributed by atoms with E-state index in [9.17, 15) is 19.2 Å². The Bertz CT molecular complexity index is 2280. The van der Waals surface area contributed by atoms with Gasteiger partial charge in [0.15, 0.2) is 0 Å². The summed E-state index contributed by atoms with van der Waals surface area (Å²) < 4.78 is 32.6. The minimum absolute atomic E-state index is 0.152. The molecule has 1 atom stereocenters. The molecule has 0 unspecified atom stereocenters. The summed E-state index contributed by atoms with van der Waals surface area (Å²) in [6, 6.07) is 19.0. The molecule has 3 saturated heterocycles. The lowest BCUT2D eigenvalue weighted by Crippen LogP contribution is -2.70. The molecule has 2 spiro atoms. The first-order valence-electron chi connectivity index (χ1n) is 19.3. The number of likely N-dealkylation sites (tertiary alicyclic amines) is 2. The van der Waals surface area contributed by atoms with Crippen LogP contribution in [0.2, 0.25) is 10.0 Å². The van der Waals surface area contributed by atoms with Crippen LogP contribution in [0.4, 0.5) is 9.18 Å². The van der Waals surface area contributed by atoms with Gasteiger partial charge in [0.1, 0.15) is 47.7 Å². The van der Waals surface area contributed by atoms with Crippen LogP contribution in [-0.4, -0.2) is 77.8 Å². The molecule has 14 heteroatoms. The van der Waals surface area contributed by atoms with Crippen molar-refractivity contribution >= 4 is 35.1 Å². The second-order valence-corrected chi connectivity index (χ2v) is 16.8. The number of carbonyl (C=O) groups excluding carboxylic acids is 2. The molecule has 4 aromatic rings. The number of nitrogens with zero attached hydrogens (tertiary/aromatic N) is 4. The Hall–Kier alpha value is -4.93. The minimum atomic E-state index is -0.932. The summed E-state index contributed by atoms with van der Waals surface area (Å²) in [5, 5.41) is 15.4. The van der Waals surface area contributed by atoms with E-state index in [0.717, 1.165) is 72.3 Å². The molecule has 3 aromatic carbocycles. The van der Waals surface area contributed by atoms with Crippen molar-refractivity contribution in [2.24, 2.45) is 5.41 Å². The van der Waals surface area contributed by atoms with Crippen LogP contribution in [0.25, 0.3) is 11.1 Å². The molecule has 2 aliphatic carbocycles. The number of imide groups is 1. The average Bonchev–Trinajstić information content (AvgIpc) is 3.71. The lowest BCUT2D eigenvalue weighted by Gasteiger charge is -2.57. The van der Waals surface area contributed by atoms with Gasteiger partial charge in [0.2, 0.25) is 0 Å². The highest BCUT2D eigenvalue weighted by atomic mass is 35.5. The van der Waals surface area contributed by atoms with Gasteiger partial charge in [-0.15, -0.1) is 0 Å². The Morgan fingerprint density at radius 1 is 0.947 bits per heavy atom. The van der Waals surface area contributed by atoms with Crippen LogP contribution < -0.4 is 24.8 Å². The number of alkyl halides is 1. The molecule has 294 valence electrons. The number of amides is 3. The summed E-state index contributed by atoms with van der Waals surface area (Å²) in [6.45, 7) is 4.70. The molecule has 0 radical (unpaired) electrons. The van der Waals surface area contributed by atoms with Gasteiger partial charge in [0.25, 0.3) is 5.91 Å². The van der Waals surface area contributed by atoms with Crippen molar-refractivity contribution in [2.45, 2.75) is 63.1 Å². The third-order valence-corrected chi connectivity index (χ3v) is 12.6. The number of urea groups is 1. The molecule has 1 aromatic heterocycles. The SMILES string of the molecule is N#Cc1cncc(COc2cc(O[C@H]3CCc4c(-c5cccc(OCCCN6CC7(CC(F)C7)C6)c5Cl)cccc43)c(Cl)cc2CN2CC3(C2)NC(=O)NC3=O)c1. The number of halogens is 3. The Kier molecular flexibility index (Phi) is 9.97.